The van der Waals surface area contributed by atoms with Gasteiger partial charge in [0.25, 0.3) is 11.6 Å². The van der Waals surface area contributed by atoms with Crippen molar-refractivity contribution in [2.75, 3.05) is 23.4 Å². The van der Waals surface area contributed by atoms with Crippen LogP contribution >= 0.6 is 0 Å². The van der Waals surface area contributed by atoms with Gasteiger partial charge >= 0.3 is 5.97 Å². The van der Waals surface area contributed by atoms with Gasteiger partial charge in [-0.15, -0.1) is 0 Å². The van der Waals surface area contributed by atoms with Crippen molar-refractivity contribution in [2.24, 2.45) is 0 Å². The minimum atomic E-state index is -0.487. The van der Waals surface area contributed by atoms with E-state index in [9.17, 15) is 19.7 Å². The maximum Gasteiger partial charge on any atom is 0.306 e. The molecule has 0 saturated heterocycles. The standard InChI is InChI=1S/C21H25N3O5/c1-16(2)23(17-9-4-3-5-10-17)20(25)15-29-21(26)13-8-14-22-18-11-6-7-12-19(18)24(27)28/h3-7,9-12,16,22H,8,13-15H2,1-2H3. The number of nitro benzene ring substituents is 1. The lowest BCUT2D eigenvalue weighted by molar-refractivity contribution is -0.384. The molecule has 154 valence electrons. The molecule has 29 heavy (non-hydrogen) atoms. The first-order chi connectivity index (χ1) is 13.9. The largest absolute Gasteiger partial charge is 0.456 e. The summed E-state index contributed by atoms with van der Waals surface area (Å²) in [6, 6.07) is 15.4. The Bertz CT molecular complexity index is 839. The third-order valence-corrected chi connectivity index (χ3v) is 4.15. The number of rotatable bonds is 10. The summed E-state index contributed by atoms with van der Waals surface area (Å²) in [6.45, 7) is 3.82. The van der Waals surface area contributed by atoms with Crippen LogP contribution in [0.3, 0.4) is 0 Å². The van der Waals surface area contributed by atoms with Crippen LogP contribution in [0.25, 0.3) is 0 Å². The zero-order valence-electron chi connectivity index (χ0n) is 16.5. The number of para-hydroxylation sites is 3. The van der Waals surface area contributed by atoms with Crippen LogP contribution in [-0.2, 0) is 14.3 Å². The minimum Gasteiger partial charge on any atom is -0.456 e. The first kappa shape index (κ1) is 21.9. The first-order valence-corrected chi connectivity index (χ1v) is 9.40. The highest BCUT2D eigenvalue weighted by Gasteiger charge is 2.20. The molecule has 0 aromatic heterocycles. The van der Waals surface area contributed by atoms with Crippen LogP contribution in [0.4, 0.5) is 17.1 Å². The smallest absolute Gasteiger partial charge is 0.306 e. The molecule has 0 spiro atoms. The van der Waals surface area contributed by atoms with Crippen LogP contribution in [-0.4, -0.2) is 36.0 Å². The van der Waals surface area contributed by atoms with Crippen molar-refractivity contribution in [3.05, 3.63) is 64.7 Å². The van der Waals surface area contributed by atoms with E-state index in [0.717, 1.165) is 5.69 Å². The lowest BCUT2D eigenvalue weighted by atomic mass is 10.2. The van der Waals surface area contributed by atoms with E-state index in [1.807, 2.05) is 44.2 Å². The second-order valence-corrected chi connectivity index (χ2v) is 6.66. The summed E-state index contributed by atoms with van der Waals surface area (Å²) in [6.07, 6.45) is 0.527. The molecular formula is C21H25N3O5. The number of esters is 1. The average Bonchev–Trinajstić information content (AvgIpc) is 2.70. The third kappa shape index (κ3) is 6.60. The minimum absolute atomic E-state index is 0.0182. The van der Waals surface area contributed by atoms with Crippen molar-refractivity contribution in [3.8, 4) is 0 Å². The van der Waals surface area contributed by atoms with Crippen LogP contribution in [0.1, 0.15) is 26.7 Å². The molecule has 0 aliphatic rings. The second kappa shape index (κ2) is 10.8. The summed E-state index contributed by atoms with van der Waals surface area (Å²) in [7, 11) is 0. The lowest BCUT2D eigenvalue weighted by Gasteiger charge is -2.26. The molecule has 0 aliphatic carbocycles. The molecular weight excluding hydrogens is 374 g/mol. The zero-order chi connectivity index (χ0) is 21.2. The lowest BCUT2D eigenvalue weighted by Crippen LogP contribution is -2.39. The molecule has 0 saturated carbocycles. The molecule has 2 aromatic rings. The molecule has 2 rings (SSSR count). The van der Waals surface area contributed by atoms with Gasteiger partial charge in [0.1, 0.15) is 5.69 Å². The molecule has 1 amide bonds. The number of nitrogens with one attached hydrogen (secondary N) is 1. The molecule has 0 atom stereocenters. The Balaban J connectivity index is 1.77. The Labute approximate surface area is 169 Å². The van der Waals surface area contributed by atoms with Crippen molar-refractivity contribution in [3.63, 3.8) is 0 Å². The number of benzene rings is 2. The number of nitro groups is 1. The quantitative estimate of drug-likeness (QED) is 0.282. The Morgan fingerprint density at radius 3 is 2.41 bits per heavy atom. The van der Waals surface area contributed by atoms with Gasteiger partial charge < -0.3 is 15.0 Å². The van der Waals surface area contributed by atoms with Gasteiger partial charge in [-0.25, -0.2) is 0 Å². The Morgan fingerprint density at radius 2 is 1.76 bits per heavy atom. The van der Waals surface area contributed by atoms with Crippen LogP contribution in [0.5, 0.6) is 0 Å². The van der Waals surface area contributed by atoms with Gasteiger partial charge in [-0.3, -0.25) is 19.7 Å². The molecule has 1 N–H and O–H groups in total. The van der Waals surface area contributed by atoms with Gasteiger partial charge in [-0.1, -0.05) is 30.3 Å². The molecule has 0 bridgehead atoms. The molecule has 0 unspecified atom stereocenters. The Morgan fingerprint density at radius 1 is 1.10 bits per heavy atom. The van der Waals surface area contributed by atoms with Crippen molar-refractivity contribution in [2.45, 2.75) is 32.7 Å². The summed E-state index contributed by atoms with van der Waals surface area (Å²) >= 11 is 0. The van der Waals surface area contributed by atoms with Gasteiger partial charge in [0.15, 0.2) is 6.61 Å². The van der Waals surface area contributed by atoms with Gasteiger partial charge in [0, 0.05) is 30.8 Å². The molecule has 8 nitrogen and oxygen atoms in total. The molecule has 0 radical (unpaired) electrons. The van der Waals surface area contributed by atoms with Crippen LogP contribution in [0.2, 0.25) is 0 Å². The number of carbonyl (C=O) groups excluding carboxylic acids is 2. The van der Waals surface area contributed by atoms with Crippen molar-refractivity contribution in [1.29, 1.82) is 0 Å². The number of hydrogen-bond donors (Lipinski definition) is 1. The topological polar surface area (TPSA) is 102 Å². The summed E-state index contributed by atoms with van der Waals surface area (Å²) in [5.74, 6) is -0.780. The average molecular weight is 399 g/mol. The predicted molar refractivity (Wildman–Crippen MR) is 111 cm³/mol. The molecule has 0 aliphatic heterocycles. The van der Waals surface area contributed by atoms with E-state index < -0.39 is 10.9 Å². The van der Waals surface area contributed by atoms with E-state index in [2.05, 4.69) is 5.32 Å². The fraction of sp³-hybridized carbons (Fsp3) is 0.333. The van der Waals surface area contributed by atoms with E-state index in [-0.39, 0.29) is 30.7 Å². The number of anilines is 2. The monoisotopic (exact) mass is 399 g/mol. The fourth-order valence-corrected chi connectivity index (χ4v) is 2.84. The molecule has 0 fully saturated rings. The van der Waals surface area contributed by atoms with E-state index >= 15 is 0 Å². The third-order valence-electron chi connectivity index (χ3n) is 4.15. The van der Waals surface area contributed by atoms with Gasteiger partial charge in [0.05, 0.1) is 4.92 Å². The Kier molecular flexibility index (Phi) is 8.14. The number of hydrogen-bond acceptors (Lipinski definition) is 6. The number of amides is 1. The maximum absolute atomic E-state index is 12.5. The van der Waals surface area contributed by atoms with Crippen molar-refractivity contribution in [1.82, 2.24) is 0 Å². The molecule has 2 aromatic carbocycles. The van der Waals surface area contributed by atoms with Crippen molar-refractivity contribution < 1.29 is 19.2 Å². The fourth-order valence-electron chi connectivity index (χ4n) is 2.84. The van der Waals surface area contributed by atoms with Crippen LogP contribution < -0.4 is 10.2 Å². The summed E-state index contributed by atoms with van der Waals surface area (Å²) in [5.41, 5.74) is 1.13. The number of nitrogens with zero attached hydrogens (tertiary/aromatic N) is 2. The number of carbonyl (C=O) groups is 2. The highest BCUT2D eigenvalue weighted by Crippen LogP contribution is 2.23. The maximum atomic E-state index is 12.5. The van der Waals surface area contributed by atoms with Crippen molar-refractivity contribution >= 4 is 28.9 Å². The molecule has 8 heteroatoms. The number of ether oxygens (including phenoxy) is 1. The zero-order valence-corrected chi connectivity index (χ0v) is 16.5. The van der Waals surface area contributed by atoms with E-state index in [1.165, 1.54) is 6.07 Å². The highest BCUT2D eigenvalue weighted by atomic mass is 16.6. The van der Waals surface area contributed by atoms with Gasteiger partial charge in [-0.2, -0.15) is 0 Å². The van der Waals surface area contributed by atoms with E-state index in [1.54, 1.807) is 23.1 Å². The summed E-state index contributed by atoms with van der Waals surface area (Å²) in [5, 5.41) is 13.9. The predicted octanol–water partition coefficient (Wildman–Crippen LogP) is 3.77. The Hall–Kier alpha value is -3.42. The molecule has 0 heterocycles. The SMILES string of the molecule is CC(C)N(C(=O)COC(=O)CCCNc1ccccc1[N+](=O)[O-])c1ccccc1. The first-order valence-electron chi connectivity index (χ1n) is 9.40. The van der Waals surface area contributed by atoms with Gasteiger partial charge in [-0.05, 0) is 38.5 Å². The highest BCUT2D eigenvalue weighted by molar-refractivity contribution is 5.95. The second-order valence-electron chi connectivity index (χ2n) is 6.66. The van der Waals surface area contributed by atoms with Gasteiger partial charge in [0.2, 0.25) is 0 Å². The van der Waals surface area contributed by atoms with E-state index in [4.69, 9.17) is 4.74 Å². The summed E-state index contributed by atoms with van der Waals surface area (Å²) in [4.78, 5) is 36.5. The van der Waals surface area contributed by atoms with Crippen LogP contribution in [0, 0.1) is 10.1 Å². The normalized spacial score (nSPS) is 10.4. The summed E-state index contributed by atoms with van der Waals surface area (Å²) < 4.78 is 5.10. The van der Waals surface area contributed by atoms with Crippen LogP contribution in [0.15, 0.2) is 54.6 Å². The van der Waals surface area contributed by atoms with E-state index in [0.29, 0.717) is 18.7 Å².